The Morgan fingerprint density at radius 2 is 1.47 bits per heavy atom. The van der Waals surface area contributed by atoms with E-state index < -0.39 is 0 Å². The normalized spacial score (nSPS) is 45.7. The third kappa shape index (κ3) is 1.93. The van der Waals surface area contributed by atoms with Crippen LogP contribution >= 0.6 is 0 Å². The van der Waals surface area contributed by atoms with Crippen molar-refractivity contribution < 1.29 is 9.69 Å². The highest BCUT2D eigenvalue weighted by Crippen LogP contribution is 2.60. The van der Waals surface area contributed by atoms with Crippen LogP contribution in [0.25, 0.3) is 0 Å². The Labute approximate surface area is 116 Å². The second-order valence-corrected chi connectivity index (χ2v) is 7.95. The SMILES string of the molecule is C[NH+]1CCN(C(=O)C23CC4CC(CC(C4)C2)C3)CC1. The maximum absolute atomic E-state index is 13.1. The predicted octanol–water partition coefficient (Wildman–Crippen LogP) is 0.560. The van der Waals surface area contributed by atoms with Gasteiger partial charge in [-0.15, -0.1) is 0 Å². The Hall–Kier alpha value is -0.570. The fourth-order valence-corrected chi connectivity index (χ4v) is 5.80. The summed E-state index contributed by atoms with van der Waals surface area (Å²) in [5, 5.41) is 0. The summed E-state index contributed by atoms with van der Waals surface area (Å²) in [6, 6.07) is 0. The minimum Gasteiger partial charge on any atom is -0.334 e. The van der Waals surface area contributed by atoms with Crippen LogP contribution < -0.4 is 4.90 Å². The van der Waals surface area contributed by atoms with Crippen LogP contribution in [-0.4, -0.2) is 44.0 Å². The molecule has 0 radical (unpaired) electrons. The van der Waals surface area contributed by atoms with E-state index >= 15 is 0 Å². The molecule has 19 heavy (non-hydrogen) atoms. The molecule has 1 aliphatic heterocycles. The van der Waals surface area contributed by atoms with Crippen molar-refractivity contribution in [3.63, 3.8) is 0 Å². The van der Waals surface area contributed by atoms with E-state index in [9.17, 15) is 4.79 Å². The van der Waals surface area contributed by atoms with Gasteiger partial charge in [-0.1, -0.05) is 0 Å². The molecule has 5 aliphatic rings. The fraction of sp³-hybridized carbons (Fsp3) is 0.938. The standard InChI is InChI=1S/C16H26N2O/c1-17-2-4-18(5-3-17)15(19)16-9-12-6-13(10-16)8-14(7-12)11-16/h12-14H,2-11H2,1H3/p+1. The molecule has 0 atom stereocenters. The highest BCUT2D eigenvalue weighted by Gasteiger charge is 2.55. The topological polar surface area (TPSA) is 24.8 Å². The number of nitrogens with one attached hydrogen (secondary N) is 1. The van der Waals surface area contributed by atoms with Gasteiger partial charge in [0.05, 0.1) is 38.6 Å². The molecule has 0 aromatic heterocycles. The van der Waals surface area contributed by atoms with Crippen molar-refractivity contribution in [1.29, 1.82) is 0 Å². The molecular formula is C16H27N2O+. The molecule has 0 unspecified atom stereocenters. The second kappa shape index (κ2) is 4.21. The van der Waals surface area contributed by atoms with Crippen molar-refractivity contribution in [2.45, 2.75) is 38.5 Å². The quantitative estimate of drug-likeness (QED) is 0.735. The van der Waals surface area contributed by atoms with Crippen molar-refractivity contribution in [3.8, 4) is 0 Å². The Balaban J connectivity index is 1.53. The van der Waals surface area contributed by atoms with Gasteiger partial charge >= 0.3 is 0 Å². The maximum atomic E-state index is 13.1. The van der Waals surface area contributed by atoms with Crippen LogP contribution in [0.15, 0.2) is 0 Å². The largest absolute Gasteiger partial charge is 0.334 e. The molecule has 5 fully saturated rings. The molecule has 1 saturated heterocycles. The summed E-state index contributed by atoms with van der Waals surface area (Å²) in [5.74, 6) is 3.19. The van der Waals surface area contributed by atoms with Crippen LogP contribution in [0.2, 0.25) is 0 Å². The number of nitrogens with zero attached hydrogens (tertiary/aromatic N) is 1. The molecule has 1 heterocycles. The minimum atomic E-state index is 0.0833. The van der Waals surface area contributed by atoms with Gasteiger partial charge in [0.1, 0.15) is 0 Å². The molecule has 5 rings (SSSR count). The average molecular weight is 263 g/mol. The highest BCUT2D eigenvalue weighted by molar-refractivity contribution is 5.83. The maximum Gasteiger partial charge on any atom is 0.229 e. The van der Waals surface area contributed by atoms with Gasteiger partial charge in [-0.2, -0.15) is 0 Å². The zero-order chi connectivity index (χ0) is 13.0. The van der Waals surface area contributed by atoms with Crippen LogP contribution in [0.5, 0.6) is 0 Å². The summed E-state index contributed by atoms with van der Waals surface area (Å²) in [6.45, 7) is 4.26. The molecule has 0 aromatic rings. The minimum absolute atomic E-state index is 0.0833. The summed E-state index contributed by atoms with van der Waals surface area (Å²) >= 11 is 0. The van der Waals surface area contributed by atoms with Crippen molar-refractivity contribution >= 4 is 5.91 Å². The number of amides is 1. The second-order valence-electron chi connectivity index (χ2n) is 7.95. The lowest BCUT2D eigenvalue weighted by atomic mass is 9.49. The van der Waals surface area contributed by atoms with Crippen molar-refractivity contribution in [1.82, 2.24) is 4.90 Å². The van der Waals surface area contributed by atoms with Gasteiger partial charge in [0.15, 0.2) is 0 Å². The van der Waals surface area contributed by atoms with Crippen LogP contribution in [-0.2, 0) is 4.79 Å². The third-order valence-electron chi connectivity index (χ3n) is 6.40. The first-order chi connectivity index (χ1) is 9.14. The molecular weight excluding hydrogens is 236 g/mol. The van der Waals surface area contributed by atoms with E-state index in [2.05, 4.69) is 11.9 Å². The molecule has 3 heteroatoms. The first kappa shape index (κ1) is 12.2. The molecule has 4 saturated carbocycles. The van der Waals surface area contributed by atoms with Gasteiger partial charge in [0, 0.05) is 0 Å². The molecule has 4 bridgehead atoms. The van der Waals surface area contributed by atoms with E-state index in [1.165, 1.54) is 38.5 Å². The molecule has 106 valence electrons. The van der Waals surface area contributed by atoms with Crippen LogP contribution in [0.4, 0.5) is 0 Å². The molecule has 4 aliphatic carbocycles. The summed E-state index contributed by atoms with van der Waals surface area (Å²) in [4.78, 5) is 16.9. The summed E-state index contributed by atoms with van der Waals surface area (Å²) in [5.41, 5.74) is 0.0833. The predicted molar refractivity (Wildman–Crippen MR) is 73.8 cm³/mol. The van der Waals surface area contributed by atoms with E-state index in [1.807, 2.05) is 0 Å². The number of hydrogen-bond donors (Lipinski definition) is 1. The van der Waals surface area contributed by atoms with Crippen molar-refractivity contribution in [2.75, 3.05) is 33.2 Å². The van der Waals surface area contributed by atoms with E-state index in [0.29, 0.717) is 5.91 Å². The molecule has 1 amide bonds. The number of carbonyl (C=O) groups excluding carboxylic acids is 1. The monoisotopic (exact) mass is 263 g/mol. The number of carbonyl (C=O) groups is 1. The number of rotatable bonds is 1. The molecule has 3 nitrogen and oxygen atoms in total. The van der Waals surface area contributed by atoms with E-state index in [0.717, 1.165) is 43.9 Å². The number of likely N-dealkylation sites (N-methyl/N-ethyl adjacent to an activating group) is 1. The van der Waals surface area contributed by atoms with Gasteiger partial charge < -0.3 is 9.80 Å². The molecule has 0 aromatic carbocycles. The highest BCUT2D eigenvalue weighted by atomic mass is 16.2. The fourth-order valence-electron chi connectivity index (χ4n) is 5.80. The summed E-state index contributed by atoms with van der Waals surface area (Å²) < 4.78 is 0. The van der Waals surface area contributed by atoms with Crippen LogP contribution in [0.3, 0.4) is 0 Å². The van der Waals surface area contributed by atoms with Crippen molar-refractivity contribution in [3.05, 3.63) is 0 Å². The number of hydrogen-bond acceptors (Lipinski definition) is 1. The first-order valence-corrected chi connectivity index (χ1v) is 8.25. The van der Waals surface area contributed by atoms with E-state index in [4.69, 9.17) is 0 Å². The average Bonchev–Trinajstić information content (AvgIpc) is 2.37. The van der Waals surface area contributed by atoms with Crippen LogP contribution in [0.1, 0.15) is 38.5 Å². The van der Waals surface area contributed by atoms with Gasteiger partial charge in [0.25, 0.3) is 0 Å². The Morgan fingerprint density at radius 1 is 1.00 bits per heavy atom. The Bertz CT molecular complexity index is 349. The van der Waals surface area contributed by atoms with Gasteiger partial charge in [-0.25, -0.2) is 0 Å². The smallest absolute Gasteiger partial charge is 0.229 e. The zero-order valence-electron chi connectivity index (χ0n) is 12.2. The number of piperazine rings is 1. The van der Waals surface area contributed by atoms with Crippen molar-refractivity contribution in [2.24, 2.45) is 23.2 Å². The Morgan fingerprint density at radius 3 is 1.95 bits per heavy atom. The summed E-state index contributed by atoms with van der Waals surface area (Å²) in [7, 11) is 2.24. The lowest BCUT2D eigenvalue weighted by molar-refractivity contribution is -0.883. The van der Waals surface area contributed by atoms with E-state index in [1.54, 1.807) is 4.90 Å². The van der Waals surface area contributed by atoms with Gasteiger partial charge in [0.2, 0.25) is 5.91 Å². The number of quaternary nitrogens is 1. The Kier molecular flexibility index (Phi) is 2.70. The zero-order valence-corrected chi connectivity index (χ0v) is 12.2. The lowest BCUT2D eigenvalue weighted by Gasteiger charge is -2.56. The van der Waals surface area contributed by atoms with Crippen LogP contribution in [0, 0.1) is 23.2 Å². The first-order valence-electron chi connectivity index (χ1n) is 8.25. The van der Waals surface area contributed by atoms with Gasteiger partial charge in [-0.3, -0.25) is 4.79 Å². The molecule has 0 spiro atoms. The molecule has 1 N–H and O–H groups in total. The summed E-state index contributed by atoms with van der Waals surface area (Å²) in [6.07, 6.45) is 7.95. The van der Waals surface area contributed by atoms with Gasteiger partial charge in [-0.05, 0) is 56.3 Å². The third-order valence-corrected chi connectivity index (χ3v) is 6.40. The van der Waals surface area contributed by atoms with E-state index in [-0.39, 0.29) is 5.41 Å². The lowest BCUT2D eigenvalue weighted by Crippen LogP contribution is -3.12.